The first-order chi connectivity index (χ1) is 16.9. The van der Waals surface area contributed by atoms with E-state index in [4.69, 9.17) is 9.47 Å². The van der Waals surface area contributed by atoms with Crippen LogP contribution in [0.4, 0.5) is 0 Å². The van der Waals surface area contributed by atoms with Crippen LogP contribution in [0.2, 0.25) is 0 Å². The highest BCUT2D eigenvalue weighted by Crippen LogP contribution is 2.60. The van der Waals surface area contributed by atoms with Crippen LogP contribution in [-0.2, 0) is 23.9 Å². The minimum Gasteiger partial charge on any atom is -0.461 e. The molecule has 4 fully saturated rings. The lowest BCUT2D eigenvalue weighted by Gasteiger charge is -2.42. The van der Waals surface area contributed by atoms with Gasteiger partial charge in [-0.05, 0) is 25.7 Å². The van der Waals surface area contributed by atoms with E-state index in [0.717, 1.165) is 32.1 Å². The summed E-state index contributed by atoms with van der Waals surface area (Å²) in [6.45, 7) is 9.50. The van der Waals surface area contributed by atoms with Crippen LogP contribution in [-0.4, -0.2) is 87.1 Å². The number of halogens is 1. The summed E-state index contributed by atoms with van der Waals surface area (Å²) >= 11 is 3.66. The van der Waals surface area contributed by atoms with E-state index in [1.807, 2.05) is 11.8 Å². The number of rotatable bonds is 10. The van der Waals surface area contributed by atoms with Crippen molar-refractivity contribution in [1.29, 1.82) is 0 Å². The molecule has 3 unspecified atom stereocenters. The maximum atomic E-state index is 14.4. The lowest BCUT2D eigenvalue weighted by molar-refractivity contribution is -0.156. The summed E-state index contributed by atoms with van der Waals surface area (Å²) < 4.78 is 11.9. The summed E-state index contributed by atoms with van der Waals surface area (Å²) in [5, 5.41) is 10.2. The molecule has 0 aromatic heterocycles. The first kappa shape index (κ1) is 26.4. The number of aliphatic hydroxyl groups is 1. The summed E-state index contributed by atoms with van der Waals surface area (Å²) in [4.78, 5) is 44.7. The lowest BCUT2D eigenvalue weighted by atomic mass is 9.70. The summed E-state index contributed by atoms with van der Waals surface area (Å²) in [7, 11) is 0. The first-order valence-electron chi connectivity index (χ1n) is 12.8. The predicted octanol–water partition coefficient (Wildman–Crippen LogP) is 2.58. The number of nitrogens with zero attached hydrogens (tertiary/aromatic N) is 2. The molecule has 1 aliphatic carbocycles. The number of aliphatic hydroxyl groups excluding tert-OH is 1. The van der Waals surface area contributed by atoms with Gasteiger partial charge in [0.15, 0.2) is 0 Å². The molecule has 35 heavy (non-hydrogen) atoms. The maximum Gasteiger partial charge on any atom is 0.312 e. The minimum absolute atomic E-state index is 0.0397. The van der Waals surface area contributed by atoms with Crippen molar-refractivity contribution < 1.29 is 29.0 Å². The summed E-state index contributed by atoms with van der Waals surface area (Å²) in [5.41, 5.74) is -1.15. The number of alkyl halides is 1. The molecule has 7 atom stereocenters. The summed E-state index contributed by atoms with van der Waals surface area (Å²) in [6.07, 6.45) is 8.65. The van der Waals surface area contributed by atoms with E-state index in [2.05, 4.69) is 29.1 Å². The highest BCUT2D eigenvalue weighted by atomic mass is 79.9. The molecule has 0 aromatic carbocycles. The van der Waals surface area contributed by atoms with E-state index in [1.54, 1.807) is 6.08 Å². The molecule has 2 bridgehead atoms. The van der Waals surface area contributed by atoms with Gasteiger partial charge in [0.25, 0.3) is 0 Å². The predicted molar refractivity (Wildman–Crippen MR) is 134 cm³/mol. The van der Waals surface area contributed by atoms with Crippen molar-refractivity contribution in [3.05, 3.63) is 25.3 Å². The van der Waals surface area contributed by atoms with Gasteiger partial charge in [-0.1, -0.05) is 60.8 Å². The summed E-state index contributed by atoms with van der Waals surface area (Å²) in [5.74, 6) is -2.65. The Morgan fingerprint density at radius 2 is 2.03 bits per heavy atom. The molecule has 8 nitrogen and oxygen atoms in total. The number of ether oxygens (including phenoxy) is 2. The molecule has 1 N–H and O–H groups in total. The van der Waals surface area contributed by atoms with Crippen LogP contribution < -0.4 is 0 Å². The van der Waals surface area contributed by atoms with Crippen molar-refractivity contribution in [2.75, 3.05) is 19.8 Å². The van der Waals surface area contributed by atoms with E-state index >= 15 is 0 Å². The molecular weight excluding hydrogens is 516 g/mol. The third-order valence-corrected chi connectivity index (χ3v) is 9.12. The van der Waals surface area contributed by atoms with Crippen molar-refractivity contribution in [3.63, 3.8) is 0 Å². The Morgan fingerprint density at radius 1 is 1.31 bits per heavy atom. The topological polar surface area (TPSA) is 96.4 Å². The smallest absolute Gasteiger partial charge is 0.312 e. The molecule has 1 saturated carbocycles. The number of likely N-dealkylation sites (tertiary alicyclic amines) is 1. The molecule has 4 rings (SSSR count). The monoisotopic (exact) mass is 552 g/mol. The second-order valence-electron chi connectivity index (χ2n) is 10.1. The molecule has 4 aliphatic rings. The first-order valence-corrected chi connectivity index (χ1v) is 13.7. The van der Waals surface area contributed by atoms with Crippen molar-refractivity contribution in [2.24, 2.45) is 11.8 Å². The van der Waals surface area contributed by atoms with Gasteiger partial charge in [0.1, 0.15) is 18.2 Å². The van der Waals surface area contributed by atoms with Crippen molar-refractivity contribution in [1.82, 2.24) is 9.80 Å². The molecule has 1 spiro atoms. The van der Waals surface area contributed by atoms with Gasteiger partial charge in [-0.2, -0.15) is 0 Å². The normalized spacial score (nSPS) is 35.0. The molecule has 9 heteroatoms. The average Bonchev–Trinajstić information content (AvgIpc) is 3.46. The van der Waals surface area contributed by atoms with Crippen LogP contribution in [0.25, 0.3) is 0 Å². The second kappa shape index (κ2) is 10.7. The van der Waals surface area contributed by atoms with Gasteiger partial charge >= 0.3 is 5.97 Å². The Hall–Kier alpha value is -1.71. The Balaban J connectivity index is 1.77. The van der Waals surface area contributed by atoms with Crippen molar-refractivity contribution >= 4 is 33.7 Å². The third kappa shape index (κ3) is 4.27. The zero-order valence-corrected chi connectivity index (χ0v) is 22.0. The van der Waals surface area contributed by atoms with E-state index in [9.17, 15) is 19.5 Å². The van der Waals surface area contributed by atoms with Gasteiger partial charge in [-0.3, -0.25) is 14.4 Å². The van der Waals surface area contributed by atoms with Crippen molar-refractivity contribution in [3.8, 4) is 0 Å². The fourth-order valence-corrected chi connectivity index (χ4v) is 7.71. The van der Waals surface area contributed by atoms with Gasteiger partial charge in [-0.15, -0.1) is 6.58 Å². The Kier molecular flexibility index (Phi) is 8.08. The fraction of sp³-hybridized carbons (Fsp3) is 0.731. The fourth-order valence-electron chi connectivity index (χ4n) is 6.77. The zero-order valence-electron chi connectivity index (χ0n) is 20.4. The Bertz CT molecular complexity index is 857. The van der Waals surface area contributed by atoms with E-state index < -0.39 is 41.6 Å². The van der Waals surface area contributed by atoms with E-state index in [-0.39, 0.29) is 35.9 Å². The van der Waals surface area contributed by atoms with Gasteiger partial charge < -0.3 is 24.4 Å². The van der Waals surface area contributed by atoms with E-state index in [0.29, 0.717) is 19.4 Å². The summed E-state index contributed by atoms with van der Waals surface area (Å²) in [6, 6.07) is -1.39. The Labute approximate surface area is 215 Å². The van der Waals surface area contributed by atoms with Crippen LogP contribution in [0.1, 0.15) is 51.9 Å². The van der Waals surface area contributed by atoms with Crippen LogP contribution >= 0.6 is 15.9 Å². The van der Waals surface area contributed by atoms with Gasteiger partial charge in [0.2, 0.25) is 11.8 Å². The molecule has 3 saturated heterocycles. The molecule has 2 amide bonds. The van der Waals surface area contributed by atoms with Crippen LogP contribution in [0, 0.1) is 11.8 Å². The van der Waals surface area contributed by atoms with Crippen molar-refractivity contribution in [2.45, 2.75) is 86.5 Å². The highest BCUT2D eigenvalue weighted by molar-refractivity contribution is 9.09. The van der Waals surface area contributed by atoms with Gasteiger partial charge in [0.05, 0.1) is 30.6 Å². The number of esters is 1. The van der Waals surface area contributed by atoms with Gasteiger partial charge in [-0.25, -0.2) is 0 Å². The minimum atomic E-state index is -1.15. The van der Waals surface area contributed by atoms with Crippen LogP contribution in [0.3, 0.4) is 0 Å². The maximum absolute atomic E-state index is 14.4. The standard InChI is InChI=1S/C26H37BrN2O6/c1-4-12-28(17-10-8-7-9-11-17)24(32)22-26-14-18(27)21(35-26)19(25(33)34-13-5-2)20(26)23(31)29(22)16(6-3)15-30/h4-5,16-22,30H,1-2,6-15H2,3H3/t16-,18?,19+,20-,21+,22?,26?/m0/s1. The molecule has 3 heterocycles. The number of carbonyl (C=O) groups is 3. The molecule has 194 valence electrons. The molecule has 0 aromatic rings. The number of amides is 2. The SMILES string of the molecule is C=CCOC(=O)[C@H]1[C@@H]2OC3(CC2Br)C(C(=O)N(CC=C)C2CCCCC2)N([C@@H](CC)CO)C(=O)[C@H]13. The zero-order chi connectivity index (χ0) is 25.3. The van der Waals surface area contributed by atoms with Crippen LogP contribution in [0.15, 0.2) is 25.3 Å². The molecule has 0 radical (unpaired) electrons. The number of hydrogen-bond acceptors (Lipinski definition) is 6. The second-order valence-corrected chi connectivity index (χ2v) is 11.3. The van der Waals surface area contributed by atoms with Crippen LogP contribution in [0.5, 0.6) is 0 Å². The number of hydrogen-bond donors (Lipinski definition) is 1. The largest absolute Gasteiger partial charge is 0.461 e. The number of fused-ring (bicyclic) bond motifs is 1. The molecular formula is C26H37BrN2O6. The quantitative estimate of drug-likeness (QED) is 0.254. The average molecular weight is 553 g/mol. The Morgan fingerprint density at radius 3 is 2.63 bits per heavy atom. The lowest BCUT2D eigenvalue weighted by Crippen LogP contribution is -2.60. The van der Waals surface area contributed by atoms with E-state index in [1.165, 1.54) is 11.0 Å². The molecule has 3 aliphatic heterocycles. The number of carbonyl (C=O) groups excluding carboxylic acids is 3. The van der Waals surface area contributed by atoms with Gasteiger partial charge in [0, 0.05) is 17.4 Å². The highest BCUT2D eigenvalue weighted by Gasteiger charge is 2.77. The third-order valence-electron chi connectivity index (χ3n) is 8.28.